The SMILES string of the molecule is CN(C=O)CC/C(=C\CC1=CC=C(OCCn2cccn2)CC=C1)c1cc(Cl)ccc1N. The van der Waals surface area contributed by atoms with E-state index in [2.05, 4.69) is 29.4 Å². The number of nitrogens with two attached hydrogens (primary N) is 1. The second-order valence-corrected chi connectivity index (χ2v) is 8.04. The van der Waals surface area contributed by atoms with Crippen molar-refractivity contribution < 1.29 is 9.53 Å². The van der Waals surface area contributed by atoms with E-state index in [4.69, 9.17) is 22.1 Å². The van der Waals surface area contributed by atoms with Crippen LogP contribution in [0.1, 0.15) is 24.8 Å². The number of hydrogen-bond acceptors (Lipinski definition) is 4. The van der Waals surface area contributed by atoms with E-state index in [-0.39, 0.29) is 0 Å². The first kappa shape index (κ1) is 23.4. The summed E-state index contributed by atoms with van der Waals surface area (Å²) in [5.41, 5.74) is 10.0. The van der Waals surface area contributed by atoms with E-state index in [1.807, 2.05) is 35.2 Å². The van der Waals surface area contributed by atoms with Crippen molar-refractivity contribution in [3.05, 3.63) is 89.0 Å². The van der Waals surface area contributed by atoms with Crippen LogP contribution in [0.5, 0.6) is 0 Å². The van der Waals surface area contributed by atoms with Crippen molar-refractivity contribution in [1.82, 2.24) is 14.7 Å². The number of amides is 1. The molecule has 1 aromatic carbocycles. The molecule has 3 rings (SSSR count). The van der Waals surface area contributed by atoms with Gasteiger partial charge in [-0.3, -0.25) is 9.48 Å². The van der Waals surface area contributed by atoms with Crippen LogP contribution >= 0.6 is 11.6 Å². The van der Waals surface area contributed by atoms with Crippen LogP contribution in [0, 0.1) is 0 Å². The van der Waals surface area contributed by atoms with Gasteiger partial charge in [-0.1, -0.05) is 35.9 Å². The summed E-state index contributed by atoms with van der Waals surface area (Å²) in [6.45, 7) is 1.89. The van der Waals surface area contributed by atoms with E-state index < -0.39 is 0 Å². The molecule has 32 heavy (non-hydrogen) atoms. The summed E-state index contributed by atoms with van der Waals surface area (Å²) < 4.78 is 7.76. The van der Waals surface area contributed by atoms with Gasteiger partial charge in [0.15, 0.2) is 0 Å². The number of nitrogen functional groups attached to an aromatic ring is 1. The third kappa shape index (κ3) is 7.17. The van der Waals surface area contributed by atoms with Crippen LogP contribution in [-0.4, -0.2) is 41.3 Å². The molecule has 2 N–H and O–H groups in total. The summed E-state index contributed by atoms with van der Waals surface area (Å²) in [6, 6.07) is 7.38. The van der Waals surface area contributed by atoms with Gasteiger partial charge in [-0.15, -0.1) is 0 Å². The molecule has 2 aromatic rings. The Balaban J connectivity index is 1.68. The van der Waals surface area contributed by atoms with E-state index in [1.165, 1.54) is 0 Å². The zero-order chi connectivity index (χ0) is 22.8. The molecule has 0 saturated carbocycles. The number of ether oxygens (including phenoxy) is 1. The molecule has 168 valence electrons. The molecule has 1 heterocycles. The number of nitrogens with zero attached hydrogens (tertiary/aromatic N) is 3. The van der Waals surface area contributed by atoms with Gasteiger partial charge in [-0.2, -0.15) is 5.10 Å². The predicted molar refractivity (Wildman–Crippen MR) is 130 cm³/mol. The van der Waals surface area contributed by atoms with Crippen molar-refractivity contribution in [3.63, 3.8) is 0 Å². The monoisotopic (exact) mass is 452 g/mol. The highest BCUT2D eigenvalue weighted by Crippen LogP contribution is 2.29. The van der Waals surface area contributed by atoms with Crippen molar-refractivity contribution in [3.8, 4) is 0 Å². The summed E-state index contributed by atoms with van der Waals surface area (Å²) in [5.74, 6) is 0.930. The van der Waals surface area contributed by atoms with Crippen LogP contribution < -0.4 is 5.73 Å². The number of rotatable bonds is 11. The van der Waals surface area contributed by atoms with Crippen molar-refractivity contribution in [1.29, 1.82) is 0 Å². The van der Waals surface area contributed by atoms with Crippen LogP contribution in [0.2, 0.25) is 5.02 Å². The van der Waals surface area contributed by atoms with Crippen molar-refractivity contribution in [2.24, 2.45) is 0 Å². The number of carbonyl (C=O) groups is 1. The van der Waals surface area contributed by atoms with E-state index in [1.54, 1.807) is 24.2 Å². The van der Waals surface area contributed by atoms with Gasteiger partial charge in [0.25, 0.3) is 0 Å². The number of carbonyl (C=O) groups excluding carboxylic acids is 1. The molecule has 6 nitrogen and oxygen atoms in total. The van der Waals surface area contributed by atoms with Gasteiger partial charge in [0, 0.05) is 48.7 Å². The maximum atomic E-state index is 11.0. The average Bonchev–Trinajstić information content (AvgIpc) is 3.21. The minimum absolute atomic E-state index is 0.576. The third-order valence-electron chi connectivity index (χ3n) is 5.16. The Bertz CT molecular complexity index is 1020. The zero-order valence-corrected chi connectivity index (χ0v) is 19.0. The van der Waals surface area contributed by atoms with Crippen molar-refractivity contribution in [2.45, 2.75) is 25.8 Å². The van der Waals surface area contributed by atoms with E-state index >= 15 is 0 Å². The van der Waals surface area contributed by atoms with Gasteiger partial charge in [-0.05, 0) is 54.3 Å². The maximum Gasteiger partial charge on any atom is 0.209 e. The number of allylic oxidation sites excluding steroid dienone is 6. The number of benzene rings is 1. The molecular formula is C25H29ClN4O2. The lowest BCUT2D eigenvalue weighted by Gasteiger charge is -2.15. The number of halogens is 1. The zero-order valence-electron chi connectivity index (χ0n) is 18.3. The van der Waals surface area contributed by atoms with Gasteiger partial charge in [0.1, 0.15) is 6.61 Å². The normalized spacial score (nSPS) is 13.9. The van der Waals surface area contributed by atoms with E-state index in [0.717, 1.165) is 41.7 Å². The third-order valence-corrected chi connectivity index (χ3v) is 5.40. The lowest BCUT2D eigenvalue weighted by Crippen LogP contribution is -2.17. The number of hydrogen-bond donors (Lipinski definition) is 1. The highest BCUT2D eigenvalue weighted by Gasteiger charge is 2.09. The highest BCUT2D eigenvalue weighted by molar-refractivity contribution is 6.30. The van der Waals surface area contributed by atoms with Gasteiger partial charge in [0.05, 0.1) is 12.3 Å². The minimum Gasteiger partial charge on any atom is -0.496 e. The second kappa shape index (κ2) is 12.0. The second-order valence-electron chi connectivity index (χ2n) is 7.60. The molecule has 0 atom stereocenters. The Hall–Kier alpha value is -3.25. The fourth-order valence-electron chi connectivity index (χ4n) is 3.34. The molecule has 7 heteroatoms. The van der Waals surface area contributed by atoms with Gasteiger partial charge in [0.2, 0.25) is 6.41 Å². The fraction of sp³-hybridized carbons (Fsp3) is 0.280. The Kier molecular flexibility index (Phi) is 8.75. The summed E-state index contributed by atoms with van der Waals surface area (Å²) in [7, 11) is 1.77. The van der Waals surface area contributed by atoms with Crippen molar-refractivity contribution >= 4 is 29.3 Å². The topological polar surface area (TPSA) is 73.4 Å². The molecule has 1 aromatic heterocycles. The maximum absolute atomic E-state index is 11.0. The first-order valence-electron chi connectivity index (χ1n) is 10.6. The fourth-order valence-corrected chi connectivity index (χ4v) is 3.51. The summed E-state index contributed by atoms with van der Waals surface area (Å²) in [4.78, 5) is 12.6. The quantitative estimate of drug-likeness (QED) is 0.390. The van der Waals surface area contributed by atoms with Crippen LogP contribution in [0.25, 0.3) is 5.57 Å². The number of aromatic nitrogens is 2. The molecule has 1 amide bonds. The molecule has 1 aliphatic rings. The first-order valence-corrected chi connectivity index (χ1v) is 11.0. The Morgan fingerprint density at radius 1 is 1.38 bits per heavy atom. The van der Waals surface area contributed by atoms with E-state index in [0.29, 0.717) is 36.8 Å². The molecule has 0 unspecified atom stereocenters. The summed E-state index contributed by atoms with van der Waals surface area (Å²) in [6.07, 6.45) is 17.2. The summed E-state index contributed by atoms with van der Waals surface area (Å²) >= 11 is 6.21. The van der Waals surface area contributed by atoms with Crippen molar-refractivity contribution in [2.75, 3.05) is 25.9 Å². The minimum atomic E-state index is 0.576. The van der Waals surface area contributed by atoms with Crippen LogP contribution in [0.4, 0.5) is 5.69 Å². The first-order chi connectivity index (χ1) is 15.5. The Morgan fingerprint density at radius 3 is 3.03 bits per heavy atom. The molecular weight excluding hydrogens is 424 g/mol. The number of anilines is 1. The predicted octanol–water partition coefficient (Wildman–Crippen LogP) is 4.86. The molecule has 0 bridgehead atoms. The molecule has 0 fully saturated rings. The van der Waals surface area contributed by atoms with E-state index in [9.17, 15) is 4.79 Å². The van der Waals surface area contributed by atoms with Crippen LogP contribution in [0.15, 0.2) is 78.4 Å². The molecule has 0 spiro atoms. The lowest BCUT2D eigenvalue weighted by molar-refractivity contribution is -0.116. The molecule has 0 radical (unpaired) electrons. The molecule has 1 aliphatic carbocycles. The Labute approximate surface area is 194 Å². The van der Waals surface area contributed by atoms with Gasteiger partial charge in [-0.25, -0.2) is 0 Å². The van der Waals surface area contributed by atoms with Gasteiger partial charge >= 0.3 is 0 Å². The highest BCUT2D eigenvalue weighted by atomic mass is 35.5. The van der Waals surface area contributed by atoms with Gasteiger partial charge < -0.3 is 15.4 Å². The summed E-state index contributed by atoms with van der Waals surface area (Å²) in [5, 5.41) is 4.82. The molecule has 0 aliphatic heterocycles. The smallest absolute Gasteiger partial charge is 0.209 e. The van der Waals surface area contributed by atoms with Crippen LogP contribution in [0.3, 0.4) is 0 Å². The van der Waals surface area contributed by atoms with Crippen LogP contribution in [-0.2, 0) is 16.1 Å². The average molecular weight is 453 g/mol. The molecule has 0 saturated heterocycles. The lowest BCUT2D eigenvalue weighted by atomic mass is 9.98. The Morgan fingerprint density at radius 2 is 2.25 bits per heavy atom. The standard InChI is InChI=1S/C25H29ClN4O2/c1-29(19-31)15-12-21(24-18-22(26)9-11-25(24)27)8-6-20-4-2-5-23(10-7-20)32-17-16-30-14-3-13-28-30/h2-4,7-11,13-14,18-19H,5-6,12,15-17,27H2,1H3/b21-8+. The largest absolute Gasteiger partial charge is 0.496 e.